The van der Waals surface area contributed by atoms with E-state index < -0.39 is 11.9 Å². The quantitative estimate of drug-likeness (QED) is 0.487. The van der Waals surface area contributed by atoms with E-state index in [0.29, 0.717) is 13.0 Å². The van der Waals surface area contributed by atoms with Gasteiger partial charge in [0.2, 0.25) is 5.91 Å². The average Bonchev–Trinajstić information content (AvgIpc) is 2.40. The van der Waals surface area contributed by atoms with Crippen LogP contribution in [0.3, 0.4) is 0 Å². The van der Waals surface area contributed by atoms with Crippen molar-refractivity contribution in [1.82, 2.24) is 10.2 Å². The highest BCUT2D eigenvalue weighted by Gasteiger charge is 2.23. The number of aliphatic hydroxyl groups excluding tert-OH is 1. The number of carboxylic acids is 1. The van der Waals surface area contributed by atoms with Crippen LogP contribution < -0.4 is 5.32 Å². The van der Waals surface area contributed by atoms with Gasteiger partial charge < -0.3 is 15.5 Å². The lowest BCUT2D eigenvalue weighted by Crippen LogP contribution is -2.47. The van der Waals surface area contributed by atoms with Crippen molar-refractivity contribution >= 4 is 11.9 Å². The third-order valence-corrected chi connectivity index (χ3v) is 3.33. The Morgan fingerprint density at radius 1 is 1.30 bits per heavy atom. The largest absolute Gasteiger partial charge is 0.481 e. The van der Waals surface area contributed by atoms with Gasteiger partial charge in [-0.25, -0.2) is 0 Å². The molecule has 0 bridgehead atoms. The van der Waals surface area contributed by atoms with E-state index in [-0.39, 0.29) is 31.6 Å². The number of carboxylic acid groups (broad SMARTS) is 1. The lowest BCUT2D eigenvalue weighted by molar-refractivity contribution is -0.142. The number of nitrogens with one attached hydrogen (secondary N) is 1. The van der Waals surface area contributed by atoms with Crippen LogP contribution in [0, 0.1) is 5.92 Å². The van der Waals surface area contributed by atoms with Crippen molar-refractivity contribution in [2.45, 2.75) is 46.1 Å². The van der Waals surface area contributed by atoms with Gasteiger partial charge in [-0.2, -0.15) is 0 Å². The number of nitrogens with zero attached hydrogens (tertiary/aromatic N) is 1. The summed E-state index contributed by atoms with van der Waals surface area (Å²) in [5.74, 6) is -1.59. The second kappa shape index (κ2) is 10.6. The van der Waals surface area contributed by atoms with Gasteiger partial charge in [0.1, 0.15) is 0 Å². The van der Waals surface area contributed by atoms with Crippen LogP contribution in [0.15, 0.2) is 0 Å². The number of carbonyl (C=O) groups is 2. The van der Waals surface area contributed by atoms with E-state index in [0.717, 1.165) is 12.8 Å². The Hall–Kier alpha value is -1.14. The lowest BCUT2D eigenvalue weighted by atomic mass is 10.1. The maximum atomic E-state index is 11.8. The Labute approximate surface area is 121 Å². The van der Waals surface area contributed by atoms with Crippen LogP contribution in [-0.4, -0.2) is 59.3 Å². The van der Waals surface area contributed by atoms with Crippen molar-refractivity contribution in [1.29, 1.82) is 0 Å². The number of hydrogen-bond acceptors (Lipinski definition) is 4. The minimum atomic E-state index is -0.894. The number of carbonyl (C=O) groups excluding carboxylic acids is 1. The molecule has 2 atom stereocenters. The highest BCUT2D eigenvalue weighted by Crippen LogP contribution is 2.08. The molecule has 20 heavy (non-hydrogen) atoms. The third-order valence-electron chi connectivity index (χ3n) is 3.33. The molecule has 0 heterocycles. The predicted molar refractivity (Wildman–Crippen MR) is 77.5 cm³/mol. The summed E-state index contributed by atoms with van der Waals surface area (Å²) in [5, 5.41) is 21.1. The zero-order chi connectivity index (χ0) is 15.5. The van der Waals surface area contributed by atoms with Gasteiger partial charge in [0.05, 0.1) is 19.1 Å². The number of aliphatic carboxylic acids is 1. The van der Waals surface area contributed by atoms with Gasteiger partial charge in [0.15, 0.2) is 0 Å². The molecule has 2 unspecified atom stereocenters. The number of aliphatic hydroxyl groups is 1. The summed E-state index contributed by atoms with van der Waals surface area (Å²) in [6, 6.07) is -0.186. The van der Waals surface area contributed by atoms with E-state index in [2.05, 4.69) is 5.32 Å². The normalized spacial score (nSPS) is 14.1. The molecule has 0 spiro atoms. The van der Waals surface area contributed by atoms with Gasteiger partial charge >= 0.3 is 5.97 Å². The van der Waals surface area contributed by atoms with Crippen LogP contribution in [0.5, 0.6) is 0 Å². The van der Waals surface area contributed by atoms with E-state index in [9.17, 15) is 14.7 Å². The highest BCUT2D eigenvalue weighted by atomic mass is 16.4. The van der Waals surface area contributed by atoms with Crippen molar-refractivity contribution in [2.75, 3.05) is 26.2 Å². The Balaban J connectivity index is 4.51. The average molecular weight is 288 g/mol. The maximum absolute atomic E-state index is 11.8. The van der Waals surface area contributed by atoms with Crippen LogP contribution in [0.1, 0.15) is 40.0 Å². The topological polar surface area (TPSA) is 89.9 Å². The number of unbranched alkanes of at least 4 members (excludes halogenated alkanes) is 1. The number of hydrogen-bond donors (Lipinski definition) is 3. The van der Waals surface area contributed by atoms with Crippen LogP contribution in [0.2, 0.25) is 0 Å². The first-order chi connectivity index (χ1) is 9.46. The van der Waals surface area contributed by atoms with E-state index in [1.54, 1.807) is 11.8 Å². The first-order valence-corrected chi connectivity index (χ1v) is 7.30. The molecule has 0 saturated heterocycles. The van der Waals surface area contributed by atoms with Crippen molar-refractivity contribution in [3.05, 3.63) is 0 Å². The molecule has 0 radical (unpaired) electrons. The van der Waals surface area contributed by atoms with Crippen molar-refractivity contribution in [2.24, 2.45) is 5.92 Å². The summed E-state index contributed by atoms with van der Waals surface area (Å²) >= 11 is 0. The molecule has 0 aliphatic carbocycles. The minimum Gasteiger partial charge on any atom is -0.481 e. The van der Waals surface area contributed by atoms with Crippen LogP contribution in [0.4, 0.5) is 0 Å². The lowest BCUT2D eigenvalue weighted by Gasteiger charge is -2.30. The fraction of sp³-hybridized carbons (Fsp3) is 0.857. The first-order valence-electron chi connectivity index (χ1n) is 7.30. The summed E-state index contributed by atoms with van der Waals surface area (Å²) in [6.45, 7) is 6.50. The maximum Gasteiger partial charge on any atom is 0.307 e. The molecule has 3 N–H and O–H groups in total. The van der Waals surface area contributed by atoms with Gasteiger partial charge in [-0.1, -0.05) is 27.2 Å². The SMILES string of the molecule is CCCCNC(=O)CN(CC(C)C(=O)O)C(CC)CO. The Bertz CT molecular complexity index is 293. The molecule has 0 rings (SSSR count). The molecule has 1 amide bonds. The molecule has 118 valence electrons. The monoisotopic (exact) mass is 288 g/mol. The Morgan fingerprint density at radius 3 is 2.40 bits per heavy atom. The number of amides is 1. The molecule has 6 nitrogen and oxygen atoms in total. The molecular weight excluding hydrogens is 260 g/mol. The van der Waals surface area contributed by atoms with Gasteiger partial charge in [-0.15, -0.1) is 0 Å². The Morgan fingerprint density at radius 2 is 1.95 bits per heavy atom. The first kappa shape index (κ1) is 18.9. The van der Waals surface area contributed by atoms with E-state index in [4.69, 9.17) is 5.11 Å². The molecule has 0 aromatic heterocycles. The van der Waals surface area contributed by atoms with Gasteiger partial charge in [-0.3, -0.25) is 14.5 Å². The van der Waals surface area contributed by atoms with E-state index >= 15 is 0 Å². The fourth-order valence-corrected chi connectivity index (χ4v) is 1.92. The smallest absolute Gasteiger partial charge is 0.307 e. The summed E-state index contributed by atoms with van der Waals surface area (Å²) in [6.07, 6.45) is 2.60. The summed E-state index contributed by atoms with van der Waals surface area (Å²) in [4.78, 5) is 24.5. The van der Waals surface area contributed by atoms with Crippen molar-refractivity contribution in [3.8, 4) is 0 Å². The molecule has 0 aliphatic heterocycles. The second-order valence-electron chi connectivity index (χ2n) is 5.12. The zero-order valence-corrected chi connectivity index (χ0v) is 12.8. The van der Waals surface area contributed by atoms with Gasteiger partial charge in [0, 0.05) is 19.1 Å². The molecule has 0 aliphatic rings. The minimum absolute atomic E-state index is 0.0783. The number of rotatable bonds is 11. The van der Waals surface area contributed by atoms with Crippen LogP contribution >= 0.6 is 0 Å². The predicted octanol–water partition coefficient (Wildman–Crippen LogP) is 0.696. The summed E-state index contributed by atoms with van der Waals surface area (Å²) in [7, 11) is 0. The fourth-order valence-electron chi connectivity index (χ4n) is 1.92. The molecule has 0 aromatic carbocycles. The van der Waals surface area contributed by atoms with Gasteiger partial charge in [0.25, 0.3) is 0 Å². The zero-order valence-electron chi connectivity index (χ0n) is 12.8. The second-order valence-corrected chi connectivity index (χ2v) is 5.12. The molecular formula is C14H28N2O4. The summed E-state index contributed by atoms with van der Waals surface area (Å²) in [5.41, 5.74) is 0. The van der Waals surface area contributed by atoms with Crippen LogP contribution in [-0.2, 0) is 9.59 Å². The van der Waals surface area contributed by atoms with Gasteiger partial charge in [-0.05, 0) is 12.8 Å². The molecule has 0 fully saturated rings. The highest BCUT2D eigenvalue weighted by molar-refractivity contribution is 5.78. The Kier molecular flexibility index (Phi) is 10.0. The molecule has 0 saturated carbocycles. The third kappa shape index (κ3) is 7.45. The summed E-state index contributed by atoms with van der Waals surface area (Å²) < 4.78 is 0. The van der Waals surface area contributed by atoms with Crippen LogP contribution in [0.25, 0.3) is 0 Å². The van der Waals surface area contributed by atoms with E-state index in [1.165, 1.54) is 0 Å². The molecule has 6 heteroatoms. The van der Waals surface area contributed by atoms with E-state index in [1.807, 2.05) is 13.8 Å². The van der Waals surface area contributed by atoms with Crippen molar-refractivity contribution < 1.29 is 19.8 Å². The van der Waals surface area contributed by atoms with Crippen molar-refractivity contribution in [3.63, 3.8) is 0 Å². The standard InChI is InChI=1S/C14H28N2O4/c1-4-6-7-15-13(18)9-16(12(5-2)10-17)8-11(3)14(19)20/h11-12,17H,4-10H2,1-3H3,(H,15,18)(H,19,20). The molecule has 0 aromatic rings.